The molecule has 1 atom stereocenters. The van der Waals surface area contributed by atoms with Crippen molar-refractivity contribution < 1.29 is 4.79 Å². The summed E-state index contributed by atoms with van der Waals surface area (Å²) in [4.78, 5) is 29.4. The van der Waals surface area contributed by atoms with Crippen LogP contribution in [0.15, 0.2) is 29.1 Å². The smallest absolute Gasteiger partial charge is 0.252 e. The van der Waals surface area contributed by atoms with Crippen LogP contribution >= 0.6 is 0 Å². The van der Waals surface area contributed by atoms with Crippen molar-refractivity contribution in [2.75, 3.05) is 19.6 Å². The standard InChI is InChI=1S/C18H23N3O2/c1-3-19-17(22)14-6-7-21(10-14)11-15-9-13-5-4-12(2)8-16(13)20-18(15)23/h4-5,8-9,14H,3,6-7,10-11H2,1-2H3,(H,19,22)(H,20,23). The van der Waals surface area contributed by atoms with Gasteiger partial charge >= 0.3 is 0 Å². The van der Waals surface area contributed by atoms with E-state index in [1.165, 1.54) is 0 Å². The molecule has 0 radical (unpaired) electrons. The molecular weight excluding hydrogens is 290 g/mol. The molecule has 1 aliphatic heterocycles. The van der Waals surface area contributed by atoms with Crippen LogP contribution in [-0.2, 0) is 11.3 Å². The molecule has 0 aliphatic carbocycles. The second-order valence-electron chi connectivity index (χ2n) is 6.33. The minimum atomic E-state index is -0.0374. The van der Waals surface area contributed by atoms with E-state index in [2.05, 4.69) is 15.2 Å². The first-order valence-corrected chi connectivity index (χ1v) is 8.19. The third-order valence-corrected chi connectivity index (χ3v) is 4.47. The first-order valence-electron chi connectivity index (χ1n) is 8.19. The Morgan fingerprint density at radius 1 is 1.39 bits per heavy atom. The molecule has 1 aromatic carbocycles. The summed E-state index contributed by atoms with van der Waals surface area (Å²) in [6, 6.07) is 8.03. The molecule has 2 N–H and O–H groups in total. The van der Waals surface area contributed by atoms with Gasteiger partial charge in [-0.1, -0.05) is 12.1 Å². The summed E-state index contributed by atoms with van der Waals surface area (Å²) < 4.78 is 0. The average molecular weight is 313 g/mol. The quantitative estimate of drug-likeness (QED) is 0.904. The number of fused-ring (bicyclic) bond motifs is 1. The van der Waals surface area contributed by atoms with Crippen molar-refractivity contribution in [3.63, 3.8) is 0 Å². The zero-order chi connectivity index (χ0) is 16.4. The number of nitrogens with one attached hydrogen (secondary N) is 2. The number of carbonyl (C=O) groups excluding carboxylic acids is 1. The fourth-order valence-electron chi connectivity index (χ4n) is 3.23. The molecule has 0 saturated carbocycles. The zero-order valence-corrected chi connectivity index (χ0v) is 13.7. The Hall–Kier alpha value is -2.14. The van der Waals surface area contributed by atoms with Crippen LogP contribution in [0, 0.1) is 12.8 Å². The minimum absolute atomic E-state index is 0.0374. The van der Waals surface area contributed by atoms with Gasteiger partial charge in [-0.2, -0.15) is 0 Å². The predicted molar refractivity (Wildman–Crippen MR) is 91.4 cm³/mol. The number of H-pyrrole nitrogens is 1. The van der Waals surface area contributed by atoms with Crippen LogP contribution in [0.1, 0.15) is 24.5 Å². The summed E-state index contributed by atoms with van der Waals surface area (Å²) >= 11 is 0. The number of aromatic amines is 1. The van der Waals surface area contributed by atoms with E-state index in [-0.39, 0.29) is 17.4 Å². The fourth-order valence-corrected chi connectivity index (χ4v) is 3.23. The van der Waals surface area contributed by atoms with Crippen LogP contribution in [0.4, 0.5) is 0 Å². The van der Waals surface area contributed by atoms with Gasteiger partial charge in [-0.25, -0.2) is 0 Å². The Balaban J connectivity index is 1.75. The predicted octanol–water partition coefficient (Wildman–Crippen LogP) is 1.79. The molecule has 5 heteroatoms. The minimum Gasteiger partial charge on any atom is -0.356 e. The number of carbonyl (C=O) groups is 1. The summed E-state index contributed by atoms with van der Waals surface area (Å²) in [6.07, 6.45) is 0.858. The summed E-state index contributed by atoms with van der Waals surface area (Å²) in [5.41, 5.74) is 2.73. The molecule has 1 aromatic heterocycles. The maximum absolute atomic E-state index is 12.3. The lowest BCUT2D eigenvalue weighted by molar-refractivity contribution is -0.124. The lowest BCUT2D eigenvalue weighted by atomic mass is 10.1. The van der Waals surface area contributed by atoms with E-state index in [0.29, 0.717) is 13.1 Å². The van der Waals surface area contributed by atoms with Crippen molar-refractivity contribution in [1.29, 1.82) is 0 Å². The Morgan fingerprint density at radius 2 is 2.22 bits per heavy atom. The molecule has 0 bridgehead atoms. The van der Waals surface area contributed by atoms with Crippen molar-refractivity contribution in [1.82, 2.24) is 15.2 Å². The van der Waals surface area contributed by atoms with Gasteiger partial charge < -0.3 is 10.3 Å². The number of amides is 1. The Kier molecular flexibility index (Phi) is 4.48. The number of pyridine rings is 1. The van der Waals surface area contributed by atoms with Gasteiger partial charge in [0.05, 0.1) is 5.92 Å². The molecule has 5 nitrogen and oxygen atoms in total. The molecule has 122 valence electrons. The lowest BCUT2D eigenvalue weighted by Crippen LogP contribution is -2.33. The van der Waals surface area contributed by atoms with Crippen LogP contribution < -0.4 is 10.9 Å². The number of nitrogens with zero attached hydrogens (tertiary/aromatic N) is 1. The van der Waals surface area contributed by atoms with Gasteiger partial charge in [-0.3, -0.25) is 14.5 Å². The maximum Gasteiger partial charge on any atom is 0.252 e. The largest absolute Gasteiger partial charge is 0.356 e. The van der Waals surface area contributed by atoms with Gasteiger partial charge in [0.25, 0.3) is 5.56 Å². The third kappa shape index (κ3) is 3.45. The number of rotatable bonds is 4. The Morgan fingerprint density at radius 3 is 3.00 bits per heavy atom. The number of aromatic nitrogens is 1. The number of likely N-dealkylation sites (tertiary alicyclic amines) is 1. The van der Waals surface area contributed by atoms with E-state index >= 15 is 0 Å². The van der Waals surface area contributed by atoms with Gasteiger partial charge in [0, 0.05) is 30.7 Å². The van der Waals surface area contributed by atoms with Crippen LogP contribution in [-0.4, -0.2) is 35.4 Å². The van der Waals surface area contributed by atoms with E-state index in [1.54, 1.807) is 0 Å². The highest BCUT2D eigenvalue weighted by Crippen LogP contribution is 2.19. The van der Waals surface area contributed by atoms with Crippen LogP contribution in [0.5, 0.6) is 0 Å². The molecule has 1 saturated heterocycles. The van der Waals surface area contributed by atoms with Crippen molar-refractivity contribution in [3.8, 4) is 0 Å². The van der Waals surface area contributed by atoms with Crippen LogP contribution in [0.2, 0.25) is 0 Å². The lowest BCUT2D eigenvalue weighted by Gasteiger charge is -2.16. The van der Waals surface area contributed by atoms with Gasteiger partial charge in [-0.05, 0) is 49.9 Å². The molecule has 0 spiro atoms. The highest BCUT2D eigenvalue weighted by molar-refractivity contribution is 5.80. The molecule has 23 heavy (non-hydrogen) atoms. The van der Waals surface area contributed by atoms with Gasteiger partial charge in [0.2, 0.25) is 5.91 Å². The highest BCUT2D eigenvalue weighted by atomic mass is 16.2. The van der Waals surface area contributed by atoms with E-state index in [4.69, 9.17) is 0 Å². The molecule has 1 amide bonds. The van der Waals surface area contributed by atoms with Gasteiger partial charge in [0.1, 0.15) is 0 Å². The fraction of sp³-hybridized carbons (Fsp3) is 0.444. The second-order valence-corrected chi connectivity index (χ2v) is 6.33. The van der Waals surface area contributed by atoms with Crippen molar-refractivity contribution in [3.05, 3.63) is 45.7 Å². The topological polar surface area (TPSA) is 65.2 Å². The summed E-state index contributed by atoms with van der Waals surface area (Å²) in [6.45, 7) is 6.77. The first-order chi connectivity index (χ1) is 11.1. The van der Waals surface area contributed by atoms with Crippen LogP contribution in [0.25, 0.3) is 10.9 Å². The Bertz CT molecular complexity index is 781. The van der Waals surface area contributed by atoms with Crippen molar-refractivity contribution in [2.45, 2.75) is 26.8 Å². The molecule has 1 unspecified atom stereocenters. The summed E-state index contributed by atoms with van der Waals surface area (Å²) in [7, 11) is 0. The number of aryl methyl sites for hydroxylation is 1. The van der Waals surface area contributed by atoms with Gasteiger partial charge in [-0.15, -0.1) is 0 Å². The second kappa shape index (κ2) is 6.54. The van der Waals surface area contributed by atoms with Gasteiger partial charge in [0.15, 0.2) is 0 Å². The summed E-state index contributed by atoms with van der Waals surface area (Å²) in [5.74, 6) is 0.162. The molecule has 2 heterocycles. The number of hydrogen-bond acceptors (Lipinski definition) is 3. The molecule has 1 fully saturated rings. The maximum atomic E-state index is 12.3. The number of benzene rings is 1. The van der Waals surface area contributed by atoms with E-state index < -0.39 is 0 Å². The normalized spacial score (nSPS) is 18.4. The van der Waals surface area contributed by atoms with Crippen molar-refractivity contribution >= 4 is 16.8 Å². The van der Waals surface area contributed by atoms with E-state index in [0.717, 1.165) is 41.5 Å². The van der Waals surface area contributed by atoms with Crippen molar-refractivity contribution in [2.24, 2.45) is 5.92 Å². The first kappa shape index (κ1) is 15.7. The monoisotopic (exact) mass is 313 g/mol. The molecule has 3 rings (SSSR count). The molecule has 1 aliphatic rings. The zero-order valence-electron chi connectivity index (χ0n) is 13.7. The number of hydrogen-bond donors (Lipinski definition) is 2. The summed E-state index contributed by atoms with van der Waals surface area (Å²) in [5, 5.41) is 3.93. The SMILES string of the molecule is CCNC(=O)C1CCN(Cc2cc3ccc(C)cc3[nH]c2=O)C1. The Labute approximate surface area is 135 Å². The third-order valence-electron chi connectivity index (χ3n) is 4.47. The van der Waals surface area contributed by atoms with Crippen LogP contribution in [0.3, 0.4) is 0 Å². The van der Waals surface area contributed by atoms with E-state index in [1.807, 2.05) is 38.1 Å². The highest BCUT2D eigenvalue weighted by Gasteiger charge is 2.28. The van der Waals surface area contributed by atoms with E-state index in [9.17, 15) is 9.59 Å². The average Bonchev–Trinajstić information content (AvgIpc) is 2.97. The molecular formula is C18H23N3O2. The molecule has 2 aromatic rings.